The van der Waals surface area contributed by atoms with Gasteiger partial charge in [-0.05, 0) is 24.3 Å². The molecule has 0 aliphatic carbocycles. The van der Waals surface area contributed by atoms with Crippen LogP contribution in [0.4, 0.5) is 17.1 Å². The maximum Gasteiger partial charge on any atom is 0.338 e. The van der Waals surface area contributed by atoms with Crippen LogP contribution in [0.2, 0.25) is 0 Å². The number of carbonyl (C=O) groups is 1. The van der Waals surface area contributed by atoms with Gasteiger partial charge in [0.2, 0.25) is 0 Å². The molecule has 2 aromatic carbocycles. The molecule has 10 heteroatoms. The van der Waals surface area contributed by atoms with E-state index in [4.69, 9.17) is 4.74 Å². The summed E-state index contributed by atoms with van der Waals surface area (Å²) in [6, 6.07) is 11.8. The minimum Gasteiger partial charge on any atom is -0.461 e. The van der Waals surface area contributed by atoms with Crippen molar-refractivity contribution in [2.24, 2.45) is 0 Å². The molecule has 1 aliphatic rings. The van der Waals surface area contributed by atoms with E-state index < -0.39 is 15.8 Å². The van der Waals surface area contributed by atoms with Gasteiger partial charge in [-0.25, -0.2) is 4.79 Å². The van der Waals surface area contributed by atoms with Gasteiger partial charge in [-0.3, -0.25) is 25.1 Å². The number of nitro groups is 2. The number of hydrogen-bond acceptors (Lipinski definition) is 8. The second kappa shape index (κ2) is 9.11. The number of esters is 1. The van der Waals surface area contributed by atoms with Crippen molar-refractivity contribution in [3.05, 3.63) is 74.3 Å². The van der Waals surface area contributed by atoms with Crippen molar-refractivity contribution in [2.45, 2.75) is 0 Å². The summed E-state index contributed by atoms with van der Waals surface area (Å²) in [5.41, 5.74) is 1.22. The van der Waals surface area contributed by atoms with Gasteiger partial charge in [0.1, 0.15) is 6.61 Å². The fourth-order valence-electron chi connectivity index (χ4n) is 3.08. The van der Waals surface area contributed by atoms with Gasteiger partial charge in [-0.1, -0.05) is 0 Å². The molecule has 0 saturated carbocycles. The number of piperazine rings is 1. The van der Waals surface area contributed by atoms with Crippen LogP contribution in [0.1, 0.15) is 10.4 Å². The first-order valence-corrected chi connectivity index (χ1v) is 9.07. The van der Waals surface area contributed by atoms with Crippen molar-refractivity contribution < 1.29 is 19.4 Å². The molecule has 1 heterocycles. The summed E-state index contributed by atoms with van der Waals surface area (Å²) in [5, 5.41) is 21.4. The van der Waals surface area contributed by atoms with Gasteiger partial charge in [0.05, 0.1) is 15.4 Å². The molecule has 10 nitrogen and oxygen atoms in total. The zero-order valence-electron chi connectivity index (χ0n) is 15.6. The Hall–Kier alpha value is -3.53. The topological polar surface area (TPSA) is 119 Å². The molecule has 0 spiro atoms. The predicted octanol–water partition coefficient (Wildman–Crippen LogP) is 2.48. The average molecular weight is 400 g/mol. The lowest BCUT2D eigenvalue weighted by Gasteiger charge is -2.35. The summed E-state index contributed by atoms with van der Waals surface area (Å²) >= 11 is 0. The van der Waals surface area contributed by atoms with E-state index in [2.05, 4.69) is 9.80 Å². The summed E-state index contributed by atoms with van der Waals surface area (Å²) in [4.78, 5) is 36.8. The molecule has 3 rings (SSSR count). The van der Waals surface area contributed by atoms with Gasteiger partial charge < -0.3 is 9.64 Å². The lowest BCUT2D eigenvalue weighted by atomic mass is 10.2. The smallest absolute Gasteiger partial charge is 0.338 e. The third-order valence-corrected chi connectivity index (χ3v) is 4.75. The molecular weight excluding hydrogens is 380 g/mol. The van der Waals surface area contributed by atoms with Crippen molar-refractivity contribution in [1.29, 1.82) is 0 Å². The summed E-state index contributed by atoms with van der Waals surface area (Å²) in [6.07, 6.45) is 0. The molecule has 29 heavy (non-hydrogen) atoms. The van der Waals surface area contributed by atoms with Gasteiger partial charge in [-0.15, -0.1) is 0 Å². The van der Waals surface area contributed by atoms with E-state index in [-0.39, 0.29) is 23.5 Å². The van der Waals surface area contributed by atoms with Crippen LogP contribution < -0.4 is 4.90 Å². The van der Waals surface area contributed by atoms with Gasteiger partial charge >= 0.3 is 5.97 Å². The maximum atomic E-state index is 12.0. The van der Waals surface area contributed by atoms with E-state index >= 15 is 0 Å². The van der Waals surface area contributed by atoms with Crippen LogP contribution in [-0.4, -0.2) is 60.0 Å². The number of anilines is 1. The number of rotatable bonds is 7. The first-order chi connectivity index (χ1) is 13.9. The number of ether oxygens (including phenoxy) is 1. The van der Waals surface area contributed by atoms with E-state index in [0.29, 0.717) is 6.54 Å². The summed E-state index contributed by atoms with van der Waals surface area (Å²) < 4.78 is 5.25. The first kappa shape index (κ1) is 20.2. The van der Waals surface area contributed by atoms with Crippen molar-refractivity contribution in [3.8, 4) is 0 Å². The molecular formula is C19H20N4O6. The van der Waals surface area contributed by atoms with Crippen molar-refractivity contribution in [2.75, 3.05) is 44.2 Å². The zero-order chi connectivity index (χ0) is 20.8. The van der Waals surface area contributed by atoms with Crippen molar-refractivity contribution >= 4 is 23.0 Å². The third-order valence-electron chi connectivity index (χ3n) is 4.75. The molecule has 0 atom stereocenters. The van der Waals surface area contributed by atoms with Gasteiger partial charge in [-0.2, -0.15) is 0 Å². The Bertz CT molecular complexity index is 877. The molecule has 0 N–H and O–H groups in total. The molecule has 152 valence electrons. The van der Waals surface area contributed by atoms with Gasteiger partial charge in [0, 0.05) is 62.7 Å². The lowest BCUT2D eigenvalue weighted by molar-refractivity contribution is -0.385. The third kappa shape index (κ3) is 5.26. The number of hydrogen-bond donors (Lipinski definition) is 0. The second-order valence-corrected chi connectivity index (χ2v) is 6.54. The van der Waals surface area contributed by atoms with Crippen LogP contribution >= 0.6 is 0 Å². The average Bonchev–Trinajstić information content (AvgIpc) is 2.74. The van der Waals surface area contributed by atoms with Crippen LogP contribution in [-0.2, 0) is 4.74 Å². The largest absolute Gasteiger partial charge is 0.461 e. The Balaban J connectivity index is 1.41. The fraction of sp³-hybridized carbons (Fsp3) is 0.316. The molecule has 1 fully saturated rings. The number of nitrogens with zero attached hydrogens (tertiary/aromatic N) is 4. The highest BCUT2D eigenvalue weighted by atomic mass is 16.6. The molecule has 2 aromatic rings. The monoisotopic (exact) mass is 400 g/mol. The van der Waals surface area contributed by atoms with E-state index in [1.54, 1.807) is 12.1 Å². The van der Waals surface area contributed by atoms with Crippen LogP contribution in [0.25, 0.3) is 0 Å². The van der Waals surface area contributed by atoms with Crippen LogP contribution in [0.15, 0.2) is 48.5 Å². The highest BCUT2D eigenvalue weighted by molar-refractivity contribution is 5.89. The molecule has 0 bridgehead atoms. The highest BCUT2D eigenvalue weighted by Crippen LogP contribution is 2.20. The molecule has 0 unspecified atom stereocenters. The predicted molar refractivity (Wildman–Crippen MR) is 105 cm³/mol. The second-order valence-electron chi connectivity index (χ2n) is 6.54. The summed E-state index contributed by atoms with van der Waals surface area (Å²) in [6.45, 7) is 3.93. The van der Waals surface area contributed by atoms with E-state index in [1.807, 2.05) is 0 Å². The Morgan fingerprint density at radius 3 is 1.90 bits per heavy atom. The molecule has 1 saturated heterocycles. The molecule has 0 aromatic heterocycles. The molecule has 0 radical (unpaired) electrons. The number of non-ortho nitro benzene ring substituents is 2. The normalized spacial score (nSPS) is 14.4. The molecule has 0 amide bonds. The number of nitro benzene ring substituents is 2. The minimum atomic E-state index is -0.522. The van der Waals surface area contributed by atoms with Gasteiger partial charge in [0.25, 0.3) is 11.4 Å². The lowest BCUT2D eigenvalue weighted by Crippen LogP contribution is -2.47. The minimum absolute atomic E-state index is 0.0715. The number of benzene rings is 2. The summed E-state index contributed by atoms with van der Waals surface area (Å²) in [7, 11) is 0. The van der Waals surface area contributed by atoms with Crippen molar-refractivity contribution in [1.82, 2.24) is 4.90 Å². The maximum absolute atomic E-state index is 12.0. The van der Waals surface area contributed by atoms with Crippen LogP contribution in [0, 0.1) is 20.2 Å². The Labute approximate surface area is 166 Å². The molecule has 1 aliphatic heterocycles. The Morgan fingerprint density at radius 1 is 0.862 bits per heavy atom. The standard InChI is InChI=1S/C19H20N4O6/c24-19(15-1-3-17(4-2-15)22(25)26)29-14-13-20-9-11-21(12-10-20)16-5-7-18(8-6-16)23(27)28/h1-8H,9-14H2. The van der Waals surface area contributed by atoms with E-state index in [0.717, 1.165) is 31.9 Å². The number of carbonyl (C=O) groups excluding carboxylic acids is 1. The highest BCUT2D eigenvalue weighted by Gasteiger charge is 2.18. The zero-order valence-corrected chi connectivity index (χ0v) is 15.6. The Morgan fingerprint density at radius 2 is 1.38 bits per heavy atom. The van der Waals surface area contributed by atoms with Crippen LogP contribution in [0.3, 0.4) is 0 Å². The van der Waals surface area contributed by atoms with Crippen molar-refractivity contribution in [3.63, 3.8) is 0 Å². The van der Waals surface area contributed by atoms with Gasteiger partial charge in [0.15, 0.2) is 0 Å². The summed E-state index contributed by atoms with van der Waals surface area (Å²) in [5.74, 6) is -0.510. The Kier molecular flexibility index (Phi) is 6.35. The SMILES string of the molecule is O=C(OCCN1CCN(c2ccc([N+](=O)[O-])cc2)CC1)c1ccc([N+](=O)[O-])cc1. The van der Waals surface area contributed by atoms with E-state index in [1.165, 1.54) is 36.4 Å². The quantitative estimate of drug-likeness (QED) is 0.395. The van der Waals surface area contributed by atoms with Crippen LogP contribution in [0.5, 0.6) is 0 Å². The van der Waals surface area contributed by atoms with E-state index in [9.17, 15) is 25.0 Å². The fourth-order valence-corrected chi connectivity index (χ4v) is 3.08. The first-order valence-electron chi connectivity index (χ1n) is 9.07.